The molecule has 0 radical (unpaired) electrons. The van der Waals surface area contributed by atoms with Crippen molar-refractivity contribution in [3.05, 3.63) is 58.9 Å². The maximum absolute atomic E-state index is 14.1. The summed E-state index contributed by atoms with van der Waals surface area (Å²) in [6.45, 7) is 2.77. The van der Waals surface area contributed by atoms with Gasteiger partial charge in [0.2, 0.25) is 0 Å². The highest BCUT2D eigenvalue weighted by Crippen LogP contribution is 2.31. The van der Waals surface area contributed by atoms with Crippen molar-refractivity contribution in [1.82, 2.24) is 0 Å². The van der Waals surface area contributed by atoms with Crippen LogP contribution in [0, 0.1) is 12.7 Å². The number of halogens is 1. The Balaban J connectivity index is 1.98. The van der Waals surface area contributed by atoms with E-state index in [1.54, 1.807) is 37.3 Å². The standard InChI is InChI=1S/C17H15FO3/c1-11-4-2-5-13(16(11)18)17(19)12-6-7-14-15(10-12)21-9-3-8-20-14/h2,4-7,10H,3,8-9H2,1H3. The van der Waals surface area contributed by atoms with Gasteiger partial charge in [-0.25, -0.2) is 4.39 Å². The van der Waals surface area contributed by atoms with Crippen LogP contribution >= 0.6 is 0 Å². The lowest BCUT2D eigenvalue weighted by Crippen LogP contribution is -2.06. The predicted octanol–water partition coefficient (Wildman–Crippen LogP) is 3.53. The maximum atomic E-state index is 14.1. The molecule has 0 unspecified atom stereocenters. The maximum Gasteiger partial charge on any atom is 0.196 e. The van der Waals surface area contributed by atoms with Crippen LogP contribution in [-0.2, 0) is 0 Å². The van der Waals surface area contributed by atoms with E-state index in [0.717, 1.165) is 6.42 Å². The second-order valence-corrected chi connectivity index (χ2v) is 4.98. The first-order valence-electron chi connectivity index (χ1n) is 6.86. The molecule has 0 spiro atoms. The van der Waals surface area contributed by atoms with E-state index in [1.807, 2.05) is 0 Å². The van der Waals surface area contributed by atoms with Gasteiger partial charge in [0.05, 0.1) is 18.8 Å². The van der Waals surface area contributed by atoms with Crippen LogP contribution in [0.5, 0.6) is 11.5 Å². The molecule has 4 heteroatoms. The summed E-state index contributed by atoms with van der Waals surface area (Å²) in [5, 5.41) is 0. The van der Waals surface area contributed by atoms with E-state index in [1.165, 1.54) is 6.07 Å². The van der Waals surface area contributed by atoms with E-state index in [9.17, 15) is 9.18 Å². The molecule has 0 atom stereocenters. The molecule has 0 amide bonds. The summed E-state index contributed by atoms with van der Waals surface area (Å²) in [7, 11) is 0. The fourth-order valence-corrected chi connectivity index (χ4v) is 2.28. The largest absolute Gasteiger partial charge is 0.490 e. The number of hydrogen-bond donors (Lipinski definition) is 0. The summed E-state index contributed by atoms with van der Waals surface area (Å²) in [5.41, 5.74) is 0.920. The Morgan fingerprint density at radius 2 is 1.86 bits per heavy atom. The molecule has 0 saturated heterocycles. The monoisotopic (exact) mass is 286 g/mol. The molecule has 2 aromatic rings. The Bertz CT molecular complexity index is 694. The number of carbonyl (C=O) groups is 1. The molecule has 0 aromatic heterocycles. The van der Waals surface area contributed by atoms with Crippen molar-refractivity contribution in [3.8, 4) is 11.5 Å². The molecule has 0 N–H and O–H groups in total. The van der Waals surface area contributed by atoms with E-state index in [0.29, 0.717) is 35.8 Å². The van der Waals surface area contributed by atoms with Crippen LogP contribution in [0.1, 0.15) is 27.9 Å². The highest BCUT2D eigenvalue weighted by Gasteiger charge is 2.18. The Morgan fingerprint density at radius 1 is 1.10 bits per heavy atom. The predicted molar refractivity (Wildman–Crippen MR) is 76.6 cm³/mol. The average Bonchev–Trinajstić information content (AvgIpc) is 2.74. The van der Waals surface area contributed by atoms with Gasteiger partial charge in [-0.3, -0.25) is 4.79 Å². The number of ether oxygens (including phenoxy) is 2. The van der Waals surface area contributed by atoms with Gasteiger partial charge < -0.3 is 9.47 Å². The summed E-state index contributed by atoms with van der Waals surface area (Å²) in [6, 6.07) is 9.76. The minimum Gasteiger partial charge on any atom is -0.490 e. The molecule has 108 valence electrons. The van der Waals surface area contributed by atoms with Crippen molar-refractivity contribution in [2.45, 2.75) is 13.3 Å². The van der Waals surface area contributed by atoms with Gasteiger partial charge in [-0.1, -0.05) is 12.1 Å². The molecule has 0 bridgehead atoms. The summed E-state index contributed by atoms with van der Waals surface area (Å²) < 4.78 is 25.1. The minimum atomic E-state index is -0.477. The second kappa shape index (κ2) is 5.56. The van der Waals surface area contributed by atoms with Crippen LogP contribution < -0.4 is 9.47 Å². The second-order valence-electron chi connectivity index (χ2n) is 4.98. The van der Waals surface area contributed by atoms with Crippen molar-refractivity contribution in [3.63, 3.8) is 0 Å². The average molecular weight is 286 g/mol. The molecule has 0 saturated carbocycles. The fourth-order valence-electron chi connectivity index (χ4n) is 2.28. The molecular weight excluding hydrogens is 271 g/mol. The Kier molecular flexibility index (Phi) is 3.60. The Labute approximate surface area is 122 Å². The molecule has 1 heterocycles. The van der Waals surface area contributed by atoms with Crippen LogP contribution in [0.25, 0.3) is 0 Å². The van der Waals surface area contributed by atoms with Crippen LogP contribution in [0.2, 0.25) is 0 Å². The van der Waals surface area contributed by atoms with Gasteiger partial charge in [0, 0.05) is 12.0 Å². The highest BCUT2D eigenvalue weighted by atomic mass is 19.1. The number of fused-ring (bicyclic) bond motifs is 1. The molecule has 0 aliphatic carbocycles. The van der Waals surface area contributed by atoms with Crippen LogP contribution in [-0.4, -0.2) is 19.0 Å². The fraction of sp³-hybridized carbons (Fsp3) is 0.235. The number of carbonyl (C=O) groups excluding carboxylic acids is 1. The van der Waals surface area contributed by atoms with Crippen molar-refractivity contribution in [2.24, 2.45) is 0 Å². The van der Waals surface area contributed by atoms with E-state index in [-0.39, 0.29) is 11.3 Å². The lowest BCUT2D eigenvalue weighted by atomic mass is 10.0. The van der Waals surface area contributed by atoms with E-state index in [2.05, 4.69) is 0 Å². The Hall–Kier alpha value is -2.36. The molecule has 21 heavy (non-hydrogen) atoms. The lowest BCUT2D eigenvalue weighted by molar-refractivity contribution is 0.103. The first kappa shape index (κ1) is 13.6. The minimum absolute atomic E-state index is 0.0736. The van der Waals surface area contributed by atoms with Gasteiger partial charge in [-0.15, -0.1) is 0 Å². The summed E-state index contributed by atoms with van der Waals surface area (Å²) in [5.74, 6) is 0.321. The summed E-state index contributed by atoms with van der Waals surface area (Å²) >= 11 is 0. The van der Waals surface area contributed by atoms with Crippen LogP contribution in [0.3, 0.4) is 0 Å². The molecule has 0 fully saturated rings. The van der Waals surface area contributed by atoms with E-state index in [4.69, 9.17) is 9.47 Å². The molecule has 3 rings (SSSR count). The normalized spacial score (nSPS) is 13.6. The highest BCUT2D eigenvalue weighted by molar-refractivity contribution is 6.09. The number of rotatable bonds is 2. The molecule has 1 aliphatic heterocycles. The quantitative estimate of drug-likeness (QED) is 0.792. The van der Waals surface area contributed by atoms with Gasteiger partial charge >= 0.3 is 0 Å². The SMILES string of the molecule is Cc1cccc(C(=O)c2ccc3c(c2)OCCCO3)c1F. The zero-order valence-electron chi connectivity index (χ0n) is 11.7. The van der Waals surface area contributed by atoms with Crippen LogP contribution in [0.15, 0.2) is 36.4 Å². The molecular formula is C17H15FO3. The summed E-state index contributed by atoms with van der Waals surface area (Å²) in [6.07, 6.45) is 0.796. The zero-order chi connectivity index (χ0) is 14.8. The number of hydrogen-bond acceptors (Lipinski definition) is 3. The van der Waals surface area contributed by atoms with E-state index >= 15 is 0 Å². The topological polar surface area (TPSA) is 35.5 Å². The molecule has 3 nitrogen and oxygen atoms in total. The number of benzene rings is 2. The Morgan fingerprint density at radius 3 is 2.67 bits per heavy atom. The first-order valence-corrected chi connectivity index (χ1v) is 6.86. The van der Waals surface area contributed by atoms with Crippen molar-refractivity contribution >= 4 is 5.78 Å². The molecule has 2 aromatic carbocycles. The summed E-state index contributed by atoms with van der Waals surface area (Å²) in [4.78, 5) is 12.5. The third-order valence-corrected chi connectivity index (χ3v) is 3.45. The van der Waals surface area contributed by atoms with Gasteiger partial charge in [0.25, 0.3) is 0 Å². The molecule has 1 aliphatic rings. The first-order chi connectivity index (χ1) is 10.2. The third-order valence-electron chi connectivity index (χ3n) is 3.45. The van der Waals surface area contributed by atoms with Crippen molar-refractivity contribution in [1.29, 1.82) is 0 Å². The van der Waals surface area contributed by atoms with Gasteiger partial charge in [-0.2, -0.15) is 0 Å². The van der Waals surface area contributed by atoms with Crippen LogP contribution in [0.4, 0.5) is 4.39 Å². The smallest absolute Gasteiger partial charge is 0.196 e. The van der Waals surface area contributed by atoms with Crippen molar-refractivity contribution in [2.75, 3.05) is 13.2 Å². The third kappa shape index (κ3) is 2.61. The van der Waals surface area contributed by atoms with Gasteiger partial charge in [0.15, 0.2) is 17.3 Å². The zero-order valence-corrected chi connectivity index (χ0v) is 11.7. The number of ketones is 1. The van der Waals surface area contributed by atoms with E-state index < -0.39 is 5.82 Å². The van der Waals surface area contributed by atoms with Crippen molar-refractivity contribution < 1.29 is 18.7 Å². The lowest BCUT2D eigenvalue weighted by Gasteiger charge is -2.09. The van der Waals surface area contributed by atoms with Gasteiger partial charge in [-0.05, 0) is 36.8 Å². The van der Waals surface area contributed by atoms with Gasteiger partial charge in [0.1, 0.15) is 5.82 Å². The number of aryl methyl sites for hydroxylation is 1.